The number of carbonyl (C=O) groups is 1. The van der Waals surface area contributed by atoms with E-state index in [1.165, 1.54) is 5.56 Å². The Hall–Kier alpha value is -1.65. The van der Waals surface area contributed by atoms with Crippen LogP contribution in [-0.2, 0) is 6.54 Å². The number of hydrogen-bond acceptors (Lipinski definition) is 3. The molecule has 21 heavy (non-hydrogen) atoms. The lowest BCUT2D eigenvalue weighted by Gasteiger charge is -2.17. The molecule has 0 amide bonds. The number of benzene rings is 2. The van der Waals surface area contributed by atoms with Crippen LogP contribution in [0.15, 0.2) is 54.6 Å². The molecule has 0 saturated heterocycles. The highest BCUT2D eigenvalue weighted by Gasteiger charge is 2.05. The molecule has 0 spiro atoms. The van der Waals surface area contributed by atoms with Crippen LogP contribution in [0.5, 0.6) is 5.75 Å². The summed E-state index contributed by atoms with van der Waals surface area (Å²) in [6, 6.07) is 17.5. The van der Waals surface area contributed by atoms with Gasteiger partial charge in [-0.1, -0.05) is 46.3 Å². The van der Waals surface area contributed by atoms with Crippen molar-refractivity contribution < 1.29 is 9.53 Å². The minimum absolute atomic E-state index is 0.0720. The van der Waals surface area contributed by atoms with Crippen molar-refractivity contribution in [3.05, 3.63) is 65.7 Å². The molecule has 110 valence electrons. The third-order valence-electron chi connectivity index (χ3n) is 3.04. The van der Waals surface area contributed by atoms with Crippen molar-refractivity contribution in [3.8, 4) is 5.75 Å². The average molecular weight is 348 g/mol. The third kappa shape index (κ3) is 4.99. The molecule has 0 unspecified atom stereocenters. The average Bonchev–Trinajstić information content (AvgIpc) is 2.53. The summed E-state index contributed by atoms with van der Waals surface area (Å²) in [5.74, 6) is 0.837. The highest BCUT2D eigenvalue weighted by molar-refractivity contribution is 9.09. The number of ketones is 1. The van der Waals surface area contributed by atoms with Crippen LogP contribution in [0, 0.1) is 0 Å². The molecule has 0 aliphatic rings. The van der Waals surface area contributed by atoms with Crippen molar-refractivity contribution in [1.82, 2.24) is 4.90 Å². The van der Waals surface area contributed by atoms with Crippen LogP contribution in [0.4, 0.5) is 0 Å². The Morgan fingerprint density at radius 3 is 2.38 bits per heavy atom. The normalized spacial score (nSPS) is 10.6. The van der Waals surface area contributed by atoms with E-state index in [1.54, 1.807) is 12.1 Å². The van der Waals surface area contributed by atoms with E-state index in [1.807, 2.05) is 37.4 Å². The van der Waals surface area contributed by atoms with E-state index in [0.29, 0.717) is 17.6 Å². The van der Waals surface area contributed by atoms with Crippen LogP contribution >= 0.6 is 15.9 Å². The summed E-state index contributed by atoms with van der Waals surface area (Å²) in [5, 5.41) is 0.340. The molecule has 3 nitrogen and oxygen atoms in total. The number of hydrogen-bond donors (Lipinski definition) is 0. The number of ether oxygens (including phenoxy) is 1. The Morgan fingerprint density at radius 1 is 1.10 bits per heavy atom. The van der Waals surface area contributed by atoms with Gasteiger partial charge in [-0.05, 0) is 36.9 Å². The SMILES string of the molecule is CN(COc1ccc(C(=O)CBr)cc1)Cc1ccccc1. The van der Waals surface area contributed by atoms with E-state index in [0.717, 1.165) is 12.3 Å². The molecular weight excluding hydrogens is 330 g/mol. The number of alkyl halides is 1. The molecule has 0 aliphatic carbocycles. The highest BCUT2D eigenvalue weighted by Crippen LogP contribution is 2.14. The van der Waals surface area contributed by atoms with Gasteiger partial charge in [0, 0.05) is 12.1 Å². The van der Waals surface area contributed by atoms with E-state index in [2.05, 4.69) is 33.0 Å². The van der Waals surface area contributed by atoms with Crippen molar-refractivity contribution in [3.63, 3.8) is 0 Å². The van der Waals surface area contributed by atoms with E-state index >= 15 is 0 Å². The maximum Gasteiger partial charge on any atom is 0.173 e. The van der Waals surface area contributed by atoms with Crippen molar-refractivity contribution in [2.24, 2.45) is 0 Å². The molecular formula is C17H18BrNO2. The fraction of sp³-hybridized carbons (Fsp3) is 0.235. The van der Waals surface area contributed by atoms with E-state index < -0.39 is 0 Å². The Kier molecular flexibility index (Phi) is 5.96. The van der Waals surface area contributed by atoms with Crippen LogP contribution in [0.2, 0.25) is 0 Å². The van der Waals surface area contributed by atoms with Gasteiger partial charge in [0.25, 0.3) is 0 Å². The summed E-state index contributed by atoms with van der Waals surface area (Å²) in [4.78, 5) is 13.6. The first kappa shape index (κ1) is 15.7. The second-order valence-corrected chi connectivity index (χ2v) is 5.42. The highest BCUT2D eigenvalue weighted by atomic mass is 79.9. The van der Waals surface area contributed by atoms with Gasteiger partial charge >= 0.3 is 0 Å². The second kappa shape index (κ2) is 7.96. The van der Waals surface area contributed by atoms with Gasteiger partial charge in [0.05, 0.1) is 5.33 Å². The van der Waals surface area contributed by atoms with Gasteiger partial charge < -0.3 is 4.74 Å². The van der Waals surface area contributed by atoms with Gasteiger partial charge in [-0.25, -0.2) is 0 Å². The van der Waals surface area contributed by atoms with Crippen molar-refractivity contribution in [2.45, 2.75) is 6.54 Å². The molecule has 4 heteroatoms. The summed E-state index contributed by atoms with van der Waals surface area (Å²) in [6.07, 6.45) is 0. The standard InChI is InChI=1S/C17H18BrNO2/c1-19(12-14-5-3-2-4-6-14)13-21-16-9-7-15(8-10-16)17(20)11-18/h2-10H,11-13H2,1H3. The zero-order valence-corrected chi connectivity index (χ0v) is 13.5. The van der Waals surface area contributed by atoms with Crippen LogP contribution in [0.3, 0.4) is 0 Å². The monoisotopic (exact) mass is 347 g/mol. The van der Waals surface area contributed by atoms with Crippen molar-refractivity contribution in [2.75, 3.05) is 19.1 Å². The van der Waals surface area contributed by atoms with Crippen LogP contribution in [0.1, 0.15) is 15.9 Å². The Balaban J connectivity index is 1.84. The van der Waals surface area contributed by atoms with Gasteiger partial charge in [0.1, 0.15) is 12.5 Å². The maximum absolute atomic E-state index is 11.5. The predicted molar refractivity (Wildman–Crippen MR) is 88.0 cm³/mol. The zero-order chi connectivity index (χ0) is 15.1. The summed E-state index contributed by atoms with van der Waals surface area (Å²) in [6.45, 7) is 1.33. The lowest BCUT2D eigenvalue weighted by molar-refractivity contribution is 0.102. The molecule has 0 N–H and O–H groups in total. The van der Waals surface area contributed by atoms with Gasteiger partial charge in [-0.15, -0.1) is 0 Å². The minimum Gasteiger partial charge on any atom is -0.478 e. The van der Waals surface area contributed by atoms with Crippen molar-refractivity contribution in [1.29, 1.82) is 0 Å². The first-order valence-electron chi connectivity index (χ1n) is 6.73. The number of halogens is 1. The molecule has 0 aromatic heterocycles. The van der Waals surface area contributed by atoms with E-state index in [-0.39, 0.29) is 5.78 Å². The molecule has 2 aromatic carbocycles. The molecule has 0 radical (unpaired) electrons. The number of nitrogens with zero attached hydrogens (tertiary/aromatic N) is 1. The van der Waals surface area contributed by atoms with E-state index in [4.69, 9.17) is 4.74 Å². The largest absolute Gasteiger partial charge is 0.478 e. The number of carbonyl (C=O) groups excluding carboxylic acids is 1. The van der Waals surface area contributed by atoms with Gasteiger partial charge in [0.2, 0.25) is 0 Å². The van der Waals surface area contributed by atoms with Gasteiger partial charge in [-0.2, -0.15) is 0 Å². The first-order valence-corrected chi connectivity index (χ1v) is 7.85. The molecule has 0 heterocycles. The van der Waals surface area contributed by atoms with Crippen LogP contribution < -0.4 is 4.74 Å². The smallest absolute Gasteiger partial charge is 0.173 e. The van der Waals surface area contributed by atoms with Crippen LogP contribution in [0.25, 0.3) is 0 Å². The second-order valence-electron chi connectivity index (χ2n) is 4.85. The zero-order valence-electron chi connectivity index (χ0n) is 12.0. The van der Waals surface area contributed by atoms with Crippen molar-refractivity contribution >= 4 is 21.7 Å². The van der Waals surface area contributed by atoms with Gasteiger partial charge in [-0.3, -0.25) is 9.69 Å². The quantitative estimate of drug-likeness (QED) is 0.434. The summed E-state index contributed by atoms with van der Waals surface area (Å²) < 4.78 is 5.71. The number of rotatable bonds is 7. The lowest BCUT2D eigenvalue weighted by atomic mass is 10.1. The third-order valence-corrected chi connectivity index (χ3v) is 3.55. The molecule has 0 saturated carbocycles. The fourth-order valence-corrected chi connectivity index (χ4v) is 2.26. The molecule has 0 fully saturated rings. The Bertz CT molecular complexity index is 569. The molecule has 0 bridgehead atoms. The Morgan fingerprint density at radius 2 is 1.76 bits per heavy atom. The lowest BCUT2D eigenvalue weighted by Crippen LogP contribution is -2.23. The fourth-order valence-electron chi connectivity index (χ4n) is 1.94. The molecule has 2 rings (SSSR count). The number of Topliss-reactive ketones (excluding diaryl/α,β-unsaturated/α-hetero) is 1. The minimum atomic E-state index is 0.0720. The molecule has 0 aliphatic heterocycles. The van der Waals surface area contributed by atoms with Crippen LogP contribution in [-0.4, -0.2) is 29.8 Å². The molecule has 0 atom stereocenters. The topological polar surface area (TPSA) is 29.5 Å². The Labute approximate surface area is 133 Å². The summed E-state index contributed by atoms with van der Waals surface area (Å²) >= 11 is 3.16. The molecule has 2 aromatic rings. The maximum atomic E-state index is 11.5. The predicted octanol–water partition coefficient (Wildman–Crippen LogP) is 3.73. The summed E-state index contributed by atoms with van der Waals surface area (Å²) in [7, 11) is 2.01. The van der Waals surface area contributed by atoms with Gasteiger partial charge in [0.15, 0.2) is 5.78 Å². The summed E-state index contributed by atoms with van der Waals surface area (Å²) in [5.41, 5.74) is 1.94. The first-order chi connectivity index (χ1) is 10.2. The van der Waals surface area contributed by atoms with E-state index in [9.17, 15) is 4.79 Å².